The van der Waals surface area contributed by atoms with Gasteiger partial charge in [-0.25, -0.2) is 4.98 Å². The van der Waals surface area contributed by atoms with Crippen molar-refractivity contribution in [3.8, 4) is 40.0 Å². The van der Waals surface area contributed by atoms with Gasteiger partial charge in [0.1, 0.15) is 0 Å². The number of fused-ring (bicyclic) bond motifs is 3. The topological polar surface area (TPSA) is 59.0 Å². The Hall–Kier alpha value is -3.29. The molecule has 27 heavy (non-hydrogen) atoms. The van der Waals surface area contributed by atoms with Crippen molar-refractivity contribution < 1.29 is 32.5 Å². The van der Waals surface area contributed by atoms with Gasteiger partial charge >= 0.3 is 6.29 Å². The Morgan fingerprint density at radius 1 is 1.00 bits per heavy atom. The van der Waals surface area contributed by atoms with Crippen molar-refractivity contribution in [1.82, 2.24) is 4.98 Å². The summed E-state index contributed by atoms with van der Waals surface area (Å²) in [6, 6.07) is 8.42. The number of nitrogens with zero attached hydrogens (tertiary/aromatic N) is 1. The first-order valence-corrected chi connectivity index (χ1v) is 8.13. The summed E-state index contributed by atoms with van der Waals surface area (Å²) < 4.78 is 52.0. The summed E-state index contributed by atoms with van der Waals surface area (Å²) in [4.78, 5) is 4.60. The van der Waals surface area contributed by atoms with E-state index in [1.807, 2.05) is 13.0 Å². The summed E-state index contributed by atoms with van der Waals surface area (Å²) in [5.41, 5.74) is 2.77. The number of pyridine rings is 1. The highest BCUT2D eigenvalue weighted by Gasteiger charge is 2.43. The lowest BCUT2D eigenvalue weighted by atomic mass is 10.0. The van der Waals surface area contributed by atoms with Crippen LogP contribution in [0.5, 0.6) is 28.7 Å². The zero-order valence-electron chi connectivity index (χ0n) is 14.3. The van der Waals surface area contributed by atoms with Crippen molar-refractivity contribution in [2.24, 2.45) is 0 Å². The second-order valence-electron chi connectivity index (χ2n) is 6.22. The second-order valence-corrected chi connectivity index (χ2v) is 6.22. The SMILES string of the molecule is COc1cc(-c2cc(C)c3cc4c(cc3n2)OC(F)(F)O4)cc2c1OCO2. The summed E-state index contributed by atoms with van der Waals surface area (Å²) >= 11 is 0. The Bertz CT molecular complexity index is 1100. The molecule has 138 valence electrons. The Kier molecular flexibility index (Phi) is 3.16. The minimum Gasteiger partial charge on any atom is -0.493 e. The number of ether oxygens (including phenoxy) is 5. The Morgan fingerprint density at radius 2 is 1.78 bits per heavy atom. The van der Waals surface area contributed by atoms with E-state index in [1.54, 1.807) is 19.2 Å². The third-order valence-electron chi connectivity index (χ3n) is 4.49. The fraction of sp³-hybridized carbons (Fsp3) is 0.211. The Labute approximate surface area is 152 Å². The van der Waals surface area contributed by atoms with Crippen LogP contribution in [0.15, 0.2) is 30.3 Å². The first kappa shape index (κ1) is 15.9. The number of hydrogen-bond donors (Lipinski definition) is 0. The average molecular weight is 373 g/mol. The summed E-state index contributed by atoms with van der Waals surface area (Å²) in [5, 5.41) is 0.700. The fourth-order valence-electron chi connectivity index (χ4n) is 3.26. The van der Waals surface area contributed by atoms with Crippen LogP contribution in [0.3, 0.4) is 0 Å². The van der Waals surface area contributed by atoms with E-state index in [4.69, 9.17) is 14.2 Å². The highest BCUT2D eigenvalue weighted by atomic mass is 19.3. The van der Waals surface area contributed by atoms with Crippen molar-refractivity contribution in [1.29, 1.82) is 0 Å². The van der Waals surface area contributed by atoms with Crippen LogP contribution in [0.25, 0.3) is 22.2 Å². The number of aryl methyl sites for hydroxylation is 1. The van der Waals surface area contributed by atoms with Gasteiger partial charge in [0.2, 0.25) is 12.5 Å². The average Bonchev–Trinajstić information content (AvgIpc) is 3.21. The van der Waals surface area contributed by atoms with Crippen molar-refractivity contribution in [3.63, 3.8) is 0 Å². The van der Waals surface area contributed by atoms with Gasteiger partial charge in [-0.3, -0.25) is 0 Å². The molecule has 6 nitrogen and oxygen atoms in total. The first-order valence-electron chi connectivity index (χ1n) is 8.13. The van der Waals surface area contributed by atoms with Crippen molar-refractivity contribution in [2.45, 2.75) is 13.2 Å². The van der Waals surface area contributed by atoms with E-state index in [9.17, 15) is 8.78 Å². The van der Waals surface area contributed by atoms with Crippen LogP contribution < -0.4 is 23.7 Å². The number of methoxy groups -OCH3 is 1. The summed E-state index contributed by atoms with van der Waals surface area (Å²) in [7, 11) is 1.54. The quantitative estimate of drug-likeness (QED) is 0.669. The predicted molar refractivity (Wildman–Crippen MR) is 90.8 cm³/mol. The normalized spacial score (nSPS) is 16.0. The minimum atomic E-state index is -3.67. The maximum absolute atomic E-state index is 13.3. The molecule has 8 heteroatoms. The number of aromatic nitrogens is 1. The highest BCUT2D eigenvalue weighted by Crippen LogP contribution is 2.46. The molecule has 0 unspecified atom stereocenters. The lowest BCUT2D eigenvalue weighted by Gasteiger charge is -2.10. The van der Waals surface area contributed by atoms with Gasteiger partial charge in [0, 0.05) is 17.0 Å². The van der Waals surface area contributed by atoms with Gasteiger partial charge in [-0.15, -0.1) is 8.78 Å². The summed E-state index contributed by atoms with van der Waals surface area (Å²) in [6.07, 6.45) is -3.67. The zero-order chi connectivity index (χ0) is 18.8. The minimum absolute atomic E-state index is 0.00472. The van der Waals surface area contributed by atoms with Crippen molar-refractivity contribution in [3.05, 3.63) is 35.9 Å². The Balaban J connectivity index is 1.66. The smallest absolute Gasteiger partial charge is 0.493 e. The van der Waals surface area contributed by atoms with Crippen LogP contribution in [0.4, 0.5) is 8.78 Å². The molecular formula is C19H13F2NO5. The van der Waals surface area contributed by atoms with Gasteiger partial charge in [-0.05, 0) is 36.8 Å². The van der Waals surface area contributed by atoms with E-state index < -0.39 is 6.29 Å². The lowest BCUT2D eigenvalue weighted by molar-refractivity contribution is -0.286. The third kappa shape index (κ3) is 2.48. The largest absolute Gasteiger partial charge is 0.586 e. The molecule has 0 radical (unpaired) electrons. The van der Waals surface area contributed by atoms with E-state index in [1.165, 1.54) is 12.1 Å². The van der Waals surface area contributed by atoms with Gasteiger partial charge in [0.15, 0.2) is 23.0 Å². The molecule has 0 fully saturated rings. The molecule has 0 bridgehead atoms. The molecule has 0 atom stereocenters. The predicted octanol–water partition coefficient (Wildman–Crippen LogP) is 4.27. The number of halogens is 2. The lowest BCUT2D eigenvalue weighted by Crippen LogP contribution is -2.25. The highest BCUT2D eigenvalue weighted by molar-refractivity contribution is 5.88. The van der Waals surface area contributed by atoms with Crippen LogP contribution >= 0.6 is 0 Å². The first-order chi connectivity index (χ1) is 12.9. The van der Waals surface area contributed by atoms with Gasteiger partial charge in [-0.1, -0.05) is 0 Å². The molecular weight excluding hydrogens is 360 g/mol. The van der Waals surface area contributed by atoms with E-state index in [-0.39, 0.29) is 18.3 Å². The number of benzene rings is 2. The number of alkyl halides is 2. The molecule has 2 aliphatic heterocycles. The molecule has 0 aliphatic carbocycles. The van der Waals surface area contributed by atoms with Crippen LogP contribution in [0, 0.1) is 6.92 Å². The molecule has 1 aromatic heterocycles. The molecule has 0 saturated heterocycles. The summed E-state index contributed by atoms with van der Waals surface area (Å²) in [5.74, 6) is 1.60. The molecule has 0 saturated carbocycles. The molecule has 2 aromatic carbocycles. The van der Waals surface area contributed by atoms with E-state index in [0.717, 1.165) is 11.1 Å². The van der Waals surface area contributed by atoms with Crippen LogP contribution in [0.1, 0.15) is 5.56 Å². The molecule has 5 rings (SSSR count). The maximum atomic E-state index is 13.3. The van der Waals surface area contributed by atoms with Gasteiger partial charge in [0.05, 0.1) is 18.3 Å². The van der Waals surface area contributed by atoms with Crippen molar-refractivity contribution in [2.75, 3.05) is 13.9 Å². The zero-order valence-corrected chi connectivity index (χ0v) is 14.3. The van der Waals surface area contributed by atoms with Crippen LogP contribution in [-0.4, -0.2) is 25.2 Å². The van der Waals surface area contributed by atoms with Gasteiger partial charge in [-0.2, -0.15) is 0 Å². The van der Waals surface area contributed by atoms with Crippen LogP contribution in [0.2, 0.25) is 0 Å². The molecule has 0 N–H and O–H groups in total. The van der Waals surface area contributed by atoms with Crippen LogP contribution in [-0.2, 0) is 0 Å². The van der Waals surface area contributed by atoms with E-state index in [0.29, 0.717) is 33.8 Å². The molecule has 3 heterocycles. The van der Waals surface area contributed by atoms with E-state index in [2.05, 4.69) is 14.5 Å². The Morgan fingerprint density at radius 3 is 2.56 bits per heavy atom. The second kappa shape index (κ2) is 5.35. The fourth-order valence-corrected chi connectivity index (χ4v) is 3.26. The summed E-state index contributed by atoms with van der Waals surface area (Å²) in [6.45, 7) is 2.00. The molecule has 0 amide bonds. The molecule has 2 aliphatic rings. The number of hydrogen-bond acceptors (Lipinski definition) is 6. The monoisotopic (exact) mass is 373 g/mol. The van der Waals surface area contributed by atoms with Gasteiger partial charge in [0.25, 0.3) is 0 Å². The molecule has 3 aromatic rings. The maximum Gasteiger partial charge on any atom is 0.586 e. The molecule has 0 spiro atoms. The third-order valence-corrected chi connectivity index (χ3v) is 4.49. The van der Waals surface area contributed by atoms with Gasteiger partial charge < -0.3 is 23.7 Å². The van der Waals surface area contributed by atoms with E-state index >= 15 is 0 Å². The van der Waals surface area contributed by atoms with Crippen molar-refractivity contribution >= 4 is 10.9 Å². The standard InChI is InChI=1S/C19H13F2NO5/c1-9-3-12(10-4-16(23-2)18-17(5-10)24-8-25-18)22-13-7-15-14(6-11(9)13)26-19(20,21)27-15/h3-7H,8H2,1-2H3. The number of rotatable bonds is 2.